The Balaban J connectivity index is 2.03. The lowest BCUT2D eigenvalue weighted by molar-refractivity contribution is 0.197. The van der Waals surface area contributed by atoms with Gasteiger partial charge in [-0.15, -0.1) is 0 Å². The molecule has 0 radical (unpaired) electrons. The normalized spacial score (nSPS) is 15.5. The van der Waals surface area contributed by atoms with Gasteiger partial charge >= 0.3 is 0 Å². The van der Waals surface area contributed by atoms with Crippen LogP contribution in [0, 0.1) is 0 Å². The average Bonchev–Trinajstić information content (AvgIpc) is 3.20. The second-order valence-corrected chi connectivity index (χ2v) is 6.23. The topological polar surface area (TPSA) is 15.3 Å². The Morgan fingerprint density at radius 2 is 1.04 bits per heavy atom. The van der Waals surface area contributed by atoms with Crippen LogP contribution < -0.4 is 5.32 Å². The first-order valence-corrected chi connectivity index (χ1v) is 8.55. The van der Waals surface area contributed by atoms with Crippen LogP contribution in [0.2, 0.25) is 0 Å². The van der Waals surface area contributed by atoms with E-state index < -0.39 is 0 Å². The van der Waals surface area contributed by atoms with Gasteiger partial charge in [0.25, 0.3) is 0 Å². The van der Waals surface area contributed by atoms with Crippen LogP contribution in [0.3, 0.4) is 0 Å². The molecule has 0 spiro atoms. The molecule has 0 aliphatic carbocycles. The number of hydrogen-bond acceptors (Lipinski definition) is 2. The first-order chi connectivity index (χ1) is 11.9. The third-order valence-electron chi connectivity index (χ3n) is 4.91. The smallest absolute Gasteiger partial charge is 0.0983 e. The lowest BCUT2D eigenvalue weighted by Crippen LogP contribution is -2.47. The number of hydrogen-bond donors (Lipinski definition) is 1. The second-order valence-electron chi connectivity index (χ2n) is 6.23. The van der Waals surface area contributed by atoms with Crippen LogP contribution in [0.5, 0.6) is 0 Å². The first-order valence-electron chi connectivity index (χ1n) is 8.55. The maximum absolute atomic E-state index is 3.51. The molecule has 0 saturated carbocycles. The van der Waals surface area contributed by atoms with Crippen molar-refractivity contribution in [1.29, 1.82) is 0 Å². The van der Waals surface area contributed by atoms with Crippen LogP contribution in [0.4, 0.5) is 0 Å². The predicted molar refractivity (Wildman–Crippen MR) is 98.8 cm³/mol. The SMILES string of the molecule is c1ccc(C(c2ccccc2)(c2ccccc2)N2CCNC2)cc1. The zero-order valence-electron chi connectivity index (χ0n) is 13.7. The zero-order valence-corrected chi connectivity index (χ0v) is 13.7. The van der Waals surface area contributed by atoms with Gasteiger partial charge in [0.05, 0.1) is 5.54 Å². The van der Waals surface area contributed by atoms with Crippen molar-refractivity contribution in [3.63, 3.8) is 0 Å². The van der Waals surface area contributed by atoms with Crippen LogP contribution >= 0.6 is 0 Å². The fourth-order valence-electron chi connectivity index (χ4n) is 3.88. The van der Waals surface area contributed by atoms with Crippen LogP contribution in [0.25, 0.3) is 0 Å². The van der Waals surface area contributed by atoms with Gasteiger partial charge in [0, 0.05) is 19.8 Å². The summed E-state index contributed by atoms with van der Waals surface area (Å²) in [5.41, 5.74) is 3.66. The summed E-state index contributed by atoms with van der Waals surface area (Å²) in [5.74, 6) is 0. The van der Waals surface area contributed by atoms with E-state index in [4.69, 9.17) is 0 Å². The van der Waals surface area contributed by atoms with Crippen molar-refractivity contribution in [1.82, 2.24) is 10.2 Å². The molecule has 0 unspecified atom stereocenters. The fraction of sp³-hybridized carbons (Fsp3) is 0.182. The maximum atomic E-state index is 3.51. The molecule has 1 aliphatic rings. The number of benzene rings is 3. The van der Waals surface area contributed by atoms with E-state index in [2.05, 4.69) is 101 Å². The summed E-state index contributed by atoms with van der Waals surface area (Å²) in [7, 11) is 0. The molecule has 1 N–H and O–H groups in total. The van der Waals surface area contributed by atoms with E-state index in [1.807, 2.05) is 0 Å². The van der Waals surface area contributed by atoms with Crippen LogP contribution in [0.15, 0.2) is 91.0 Å². The van der Waals surface area contributed by atoms with E-state index in [1.54, 1.807) is 0 Å². The highest BCUT2D eigenvalue weighted by Crippen LogP contribution is 2.42. The van der Waals surface area contributed by atoms with Crippen molar-refractivity contribution in [3.8, 4) is 0 Å². The summed E-state index contributed by atoms with van der Waals surface area (Å²) in [4.78, 5) is 2.55. The van der Waals surface area contributed by atoms with Crippen LogP contribution in [0.1, 0.15) is 16.7 Å². The van der Waals surface area contributed by atoms with E-state index in [9.17, 15) is 0 Å². The van der Waals surface area contributed by atoms with Crippen molar-refractivity contribution >= 4 is 0 Å². The lowest BCUT2D eigenvalue weighted by Gasteiger charge is -2.43. The van der Waals surface area contributed by atoms with Crippen LogP contribution in [-0.4, -0.2) is 24.7 Å². The molecule has 3 aromatic rings. The van der Waals surface area contributed by atoms with Gasteiger partial charge < -0.3 is 5.32 Å². The summed E-state index contributed by atoms with van der Waals surface area (Å²) >= 11 is 0. The van der Waals surface area contributed by atoms with E-state index in [1.165, 1.54) is 16.7 Å². The van der Waals surface area contributed by atoms with Gasteiger partial charge in [-0.2, -0.15) is 0 Å². The number of nitrogens with one attached hydrogen (secondary N) is 1. The van der Waals surface area contributed by atoms with Crippen molar-refractivity contribution in [2.45, 2.75) is 5.54 Å². The molecule has 2 heteroatoms. The average molecular weight is 314 g/mol. The summed E-state index contributed by atoms with van der Waals surface area (Å²) < 4.78 is 0. The highest BCUT2D eigenvalue weighted by atomic mass is 15.3. The minimum absolute atomic E-state index is 0.271. The molecule has 1 aliphatic heterocycles. The predicted octanol–water partition coefficient (Wildman–Crippen LogP) is 3.84. The van der Waals surface area contributed by atoms with Gasteiger partial charge in [0.15, 0.2) is 0 Å². The summed E-state index contributed by atoms with van der Waals surface area (Å²) in [6.07, 6.45) is 0. The number of rotatable bonds is 4. The standard InChI is InChI=1S/C22H22N2/c1-4-10-19(11-5-1)22(24-17-16-23-18-24,20-12-6-2-7-13-20)21-14-8-3-9-15-21/h1-15,23H,16-18H2. The molecular weight excluding hydrogens is 292 g/mol. The quantitative estimate of drug-likeness (QED) is 0.736. The molecule has 1 heterocycles. The number of nitrogens with zero attached hydrogens (tertiary/aromatic N) is 1. The first kappa shape index (κ1) is 15.1. The molecule has 120 valence electrons. The van der Waals surface area contributed by atoms with Gasteiger partial charge in [-0.1, -0.05) is 91.0 Å². The Morgan fingerprint density at radius 3 is 1.38 bits per heavy atom. The van der Waals surface area contributed by atoms with Crippen LogP contribution in [-0.2, 0) is 5.54 Å². The molecule has 2 nitrogen and oxygen atoms in total. The van der Waals surface area contributed by atoms with E-state index >= 15 is 0 Å². The lowest BCUT2D eigenvalue weighted by atomic mass is 9.76. The second kappa shape index (κ2) is 6.60. The van der Waals surface area contributed by atoms with E-state index in [-0.39, 0.29) is 5.54 Å². The molecular formula is C22H22N2. The highest BCUT2D eigenvalue weighted by molar-refractivity contribution is 5.49. The van der Waals surface area contributed by atoms with Gasteiger partial charge in [-0.3, -0.25) is 4.90 Å². The Bertz CT molecular complexity index is 666. The third-order valence-corrected chi connectivity index (χ3v) is 4.91. The summed E-state index contributed by atoms with van der Waals surface area (Å²) in [6, 6.07) is 32.6. The van der Waals surface area contributed by atoms with Crippen molar-refractivity contribution in [3.05, 3.63) is 108 Å². The minimum Gasteiger partial charge on any atom is -0.303 e. The van der Waals surface area contributed by atoms with E-state index in [0.717, 1.165) is 19.8 Å². The van der Waals surface area contributed by atoms with Gasteiger partial charge in [0.2, 0.25) is 0 Å². The molecule has 24 heavy (non-hydrogen) atoms. The molecule has 4 rings (SSSR count). The minimum atomic E-state index is -0.271. The van der Waals surface area contributed by atoms with Crippen molar-refractivity contribution in [2.75, 3.05) is 19.8 Å². The Morgan fingerprint density at radius 1 is 0.625 bits per heavy atom. The molecule has 3 aromatic carbocycles. The highest BCUT2D eigenvalue weighted by Gasteiger charge is 2.42. The van der Waals surface area contributed by atoms with Gasteiger partial charge in [-0.05, 0) is 16.7 Å². The van der Waals surface area contributed by atoms with Crippen molar-refractivity contribution in [2.24, 2.45) is 0 Å². The molecule has 0 bridgehead atoms. The molecule has 1 fully saturated rings. The van der Waals surface area contributed by atoms with E-state index in [0.29, 0.717) is 0 Å². The summed E-state index contributed by atoms with van der Waals surface area (Å²) in [6.45, 7) is 2.94. The van der Waals surface area contributed by atoms with Gasteiger partial charge in [-0.25, -0.2) is 0 Å². The molecule has 0 amide bonds. The maximum Gasteiger partial charge on any atom is 0.0983 e. The Kier molecular flexibility index (Phi) is 4.16. The monoisotopic (exact) mass is 314 g/mol. The zero-order chi connectivity index (χ0) is 16.2. The third kappa shape index (κ3) is 2.44. The molecule has 0 atom stereocenters. The molecule has 1 saturated heterocycles. The van der Waals surface area contributed by atoms with Crippen molar-refractivity contribution < 1.29 is 0 Å². The van der Waals surface area contributed by atoms with Gasteiger partial charge in [0.1, 0.15) is 0 Å². The summed E-state index contributed by atoms with van der Waals surface area (Å²) in [5, 5.41) is 3.51. The largest absolute Gasteiger partial charge is 0.303 e. The Labute approximate surface area is 143 Å². The molecule has 0 aromatic heterocycles. The fourth-order valence-corrected chi connectivity index (χ4v) is 3.88. The Hall–Kier alpha value is -2.42.